The van der Waals surface area contributed by atoms with E-state index in [1.165, 1.54) is 0 Å². The molecule has 100 valence electrons. The lowest BCUT2D eigenvalue weighted by Crippen LogP contribution is -2.18. The first-order valence-corrected chi connectivity index (χ1v) is 6.29. The van der Waals surface area contributed by atoms with E-state index in [2.05, 4.69) is 0 Å². The van der Waals surface area contributed by atoms with Gasteiger partial charge in [0.1, 0.15) is 6.54 Å². The van der Waals surface area contributed by atoms with E-state index >= 15 is 0 Å². The van der Waals surface area contributed by atoms with E-state index in [0.717, 1.165) is 11.1 Å². The number of hydrogen-bond donors (Lipinski definition) is 0. The van der Waals surface area contributed by atoms with Gasteiger partial charge in [-0.3, -0.25) is 9.59 Å². The molecule has 0 spiro atoms. The number of carbonyl (C=O) groups excluding carboxylic acids is 1. The van der Waals surface area contributed by atoms with Gasteiger partial charge in [0.25, 0.3) is 0 Å². The summed E-state index contributed by atoms with van der Waals surface area (Å²) < 4.78 is 6.72. The number of ether oxygens (including phenoxy) is 1. The van der Waals surface area contributed by atoms with Crippen LogP contribution in [0.3, 0.4) is 0 Å². The van der Waals surface area contributed by atoms with Gasteiger partial charge in [0.05, 0.1) is 12.1 Å². The molecule has 0 amide bonds. The first-order valence-electron chi connectivity index (χ1n) is 6.29. The highest BCUT2D eigenvalue weighted by molar-refractivity contribution is 5.82. The van der Waals surface area contributed by atoms with Gasteiger partial charge in [-0.05, 0) is 32.9 Å². The highest BCUT2D eigenvalue weighted by atomic mass is 16.5. The zero-order valence-electron chi connectivity index (χ0n) is 11.4. The minimum atomic E-state index is -0.299. The maximum absolute atomic E-state index is 12.1. The highest BCUT2D eigenvalue weighted by Gasteiger charge is 2.10. The van der Waals surface area contributed by atoms with E-state index in [0.29, 0.717) is 17.6 Å². The molecule has 1 aromatic heterocycles. The van der Waals surface area contributed by atoms with Crippen molar-refractivity contribution in [1.29, 1.82) is 0 Å². The summed E-state index contributed by atoms with van der Waals surface area (Å²) in [6, 6.07) is 5.65. The number of benzene rings is 1. The summed E-state index contributed by atoms with van der Waals surface area (Å²) >= 11 is 0. The van der Waals surface area contributed by atoms with Crippen LogP contribution in [0, 0.1) is 13.8 Å². The molecule has 0 aliphatic rings. The van der Waals surface area contributed by atoms with E-state index in [-0.39, 0.29) is 17.9 Å². The second kappa shape index (κ2) is 5.26. The minimum Gasteiger partial charge on any atom is -0.465 e. The van der Waals surface area contributed by atoms with E-state index in [4.69, 9.17) is 4.74 Å². The minimum absolute atomic E-state index is 0.0128. The summed E-state index contributed by atoms with van der Waals surface area (Å²) in [6.45, 7) is 5.95. The lowest BCUT2D eigenvalue weighted by atomic mass is 10.1. The van der Waals surface area contributed by atoms with Crippen LogP contribution < -0.4 is 5.43 Å². The number of pyridine rings is 1. The van der Waals surface area contributed by atoms with Crippen molar-refractivity contribution in [1.82, 2.24) is 4.57 Å². The Morgan fingerprint density at radius 1 is 1.32 bits per heavy atom. The number of nitrogens with zero attached hydrogens (tertiary/aromatic N) is 1. The normalized spacial score (nSPS) is 10.7. The number of esters is 1. The van der Waals surface area contributed by atoms with Crippen LogP contribution in [0.5, 0.6) is 0 Å². The molecule has 2 rings (SSSR count). The Morgan fingerprint density at radius 3 is 2.74 bits per heavy atom. The Kier molecular flexibility index (Phi) is 3.69. The van der Waals surface area contributed by atoms with Gasteiger partial charge in [-0.1, -0.05) is 11.6 Å². The Labute approximate surface area is 111 Å². The lowest BCUT2D eigenvalue weighted by Gasteiger charge is -2.12. The summed E-state index contributed by atoms with van der Waals surface area (Å²) in [5.74, 6) is -0.299. The third-order valence-corrected chi connectivity index (χ3v) is 3.02. The van der Waals surface area contributed by atoms with E-state index in [1.54, 1.807) is 24.6 Å². The second-order valence-electron chi connectivity index (χ2n) is 4.59. The topological polar surface area (TPSA) is 48.3 Å². The molecule has 0 radical (unpaired) electrons. The van der Waals surface area contributed by atoms with Crippen LogP contribution in [-0.2, 0) is 16.1 Å². The molecule has 4 nitrogen and oxygen atoms in total. The maximum atomic E-state index is 12.1. The van der Waals surface area contributed by atoms with Gasteiger partial charge in [0, 0.05) is 17.1 Å². The Bertz CT molecular complexity index is 686. The van der Waals surface area contributed by atoms with Gasteiger partial charge in [-0.15, -0.1) is 0 Å². The molecule has 0 saturated carbocycles. The van der Waals surface area contributed by atoms with Crippen molar-refractivity contribution in [2.45, 2.75) is 27.3 Å². The monoisotopic (exact) mass is 259 g/mol. The molecule has 1 aromatic carbocycles. The number of aryl methyl sites for hydroxylation is 2. The molecular formula is C15H17NO3. The second-order valence-corrected chi connectivity index (χ2v) is 4.59. The fourth-order valence-electron chi connectivity index (χ4n) is 2.13. The fourth-order valence-corrected chi connectivity index (χ4v) is 2.13. The molecule has 0 saturated heterocycles. The van der Waals surface area contributed by atoms with Gasteiger partial charge in [0.15, 0.2) is 5.43 Å². The van der Waals surface area contributed by atoms with Crippen LogP contribution in [0.4, 0.5) is 0 Å². The van der Waals surface area contributed by atoms with Gasteiger partial charge in [0.2, 0.25) is 0 Å². The third-order valence-electron chi connectivity index (χ3n) is 3.02. The van der Waals surface area contributed by atoms with Crippen LogP contribution in [0.1, 0.15) is 18.1 Å². The SMILES string of the molecule is CCOC(=O)Cn1cc(C)c(=O)c2cc(C)ccc21. The Balaban J connectivity index is 2.58. The molecule has 0 aliphatic heterocycles. The van der Waals surface area contributed by atoms with Gasteiger partial charge < -0.3 is 9.30 Å². The molecule has 1 heterocycles. The Morgan fingerprint density at radius 2 is 2.05 bits per heavy atom. The molecule has 4 heteroatoms. The molecule has 2 aromatic rings. The van der Waals surface area contributed by atoms with Crippen LogP contribution >= 0.6 is 0 Å². The predicted octanol–water partition coefficient (Wildman–Crippen LogP) is 2.18. The van der Waals surface area contributed by atoms with Gasteiger partial charge >= 0.3 is 5.97 Å². The molecule has 0 aliphatic carbocycles. The van der Waals surface area contributed by atoms with Crippen LogP contribution in [-0.4, -0.2) is 17.1 Å². The van der Waals surface area contributed by atoms with Crippen LogP contribution in [0.15, 0.2) is 29.2 Å². The highest BCUT2D eigenvalue weighted by Crippen LogP contribution is 2.14. The van der Waals surface area contributed by atoms with Crippen molar-refractivity contribution in [3.05, 3.63) is 45.7 Å². The van der Waals surface area contributed by atoms with E-state index < -0.39 is 0 Å². The zero-order chi connectivity index (χ0) is 14.0. The quantitative estimate of drug-likeness (QED) is 0.794. The smallest absolute Gasteiger partial charge is 0.325 e. The number of hydrogen-bond acceptors (Lipinski definition) is 3. The Hall–Kier alpha value is -2.10. The van der Waals surface area contributed by atoms with Crippen molar-refractivity contribution in [3.63, 3.8) is 0 Å². The van der Waals surface area contributed by atoms with E-state index in [1.807, 2.05) is 25.1 Å². The standard InChI is InChI=1S/C15H17NO3/c1-4-19-14(17)9-16-8-11(3)15(18)12-7-10(2)5-6-13(12)16/h5-8H,4,9H2,1-3H3. The fraction of sp³-hybridized carbons (Fsp3) is 0.333. The molecule has 0 atom stereocenters. The van der Waals surface area contributed by atoms with Crippen molar-refractivity contribution in [2.24, 2.45) is 0 Å². The van der Waals surface area contributed by atoms with E-state index in [9.17, 15) is 9.59 Å². The summed E-state index contributed by atoms with van der Waals surface area (Å²) in [5, 5.41) is 0.643. The molecule has 19 heavy (non-hydrogen) atoms. The molecule has 0 bridgehead atoms. The summed E-state index contributed by atoms with van der Waals surface area (Å²) in [4.78, 5) is 23.7. The van der Waals surface area contributed by atoms with Crippen molar-refractivity contribution >= 4 is 16.9 Å². The van der Waals surface area contributed by atoms with Crippen molar-refractivity contribution in [3.8, 4) is 0 Å². The number of fused-ring (bicyclic) bond motifs is 1. The van der Waals surface area contributed by atoms with Crippen molar-refractivity contribution in [2.75, 3.05) is 6.61 Å². The average molecular weight is 259 g/mol. The third kappa shape index (κ3) is 2.67. The van der Waals surface area contributed by atoms with Gasteiger partial charge in [-0.2, -0.15) is 0 Å². The largest absolute Gasteiger partial charge is 0.465 e. The maximum Gasteiger partial charge on any atom is 0.325 e. The lowest BCUT2D eigenvalue weighted by molar-refractivity contribution is -0.143. The summed E-state index contributed by atoms with van der Waals surface area (Å²) in [7, 11) is 0. The number of aromatic nitrogens is 1. The zero-order valence-corrected chi connectivity index (χ0v) is 11.4. The molecule has 0 fully saturated rings. The first kappa shape index (κ1) is 13.3. The van der Waals surface area contributed by atoms with Crippen molar-refractivity contribution < 1.29 is 9.53 Å². The number of carbonyl (C=O) groups is 1. The summed E-state index contributed by atoms with van der Waals surface area (Å²) in [5.41, 5.74) is 2.42. The van der Waals surface area contributed by atoms with Gasteiger partial charge in [-0.25, -0.2) is 0 Å². The molecule has 0 unspecified atom stereocenters. The first-order chi connectivity index (χ1) is 9.02. The summed E-state index contributed by atoms with van der Waals surface area (Å²) in [6.07, 6.45) is 1.71. The predicted molar refractivity (Wildman–Crippen MR) is 74.3 cm³/mol. The molecular weight excluding hydrogens is 242 g/mol. The van der Waals surface area contributed by atoms with Crippen LogP contribution in [0.25, 0.3) is 10.9 Å². The number of rotatable bonds is 3. The molecule has 0 N–H and O–H groups in total. The average Bonchev–Trinajstić information content (AvgIpc) is 2.36. The van der Waals surface area contributed by atoms with Crippen LogP contribution in [0.2, 0.25) is 0 Å².